The molecule has 1 atom stereocenters. The van der Waals surface area contributed by atoms with Crippen molar-refractivity contribution in [3.8, 4) is 0 Å². The molecule has 32 heavy (non-hydrogen) atoms. The largest absolute Gasteiger partial charge is 0.507 e. The Labute approximate surface area is 190 Å². The molecule has 1 aliphatic carbocycles. The lowest BCUT2D eigenvalue weighted by Crippen LogP contribution is -2.29. The van der Waals surface area contributed by atoms with Crippen molar-refractivity contribution in [3.05, 3.63) is 99.5 Å². The fraction of sp³-hybridized carbons (Fsp3) is 0.231. The lowest BCUT2D eigenvalue weighted by molar-refractivity contribution is -0.140. The van der Waals surface area contributed by atoms with E-state index in [9.17, 15) is 14.7 Å². The van der Waals surface area contributed by atoms with Crippen LogP contribution in [0.5, 0.6) is 0 Å². The van der Waals surface area contributed by atoms with Crippen LogP contribution < -0.4 is 0 Å². The van der Waals surface area contributed by atoms with Crippen molar-refractivity contribution < 1.29 is 19.1 Å². The molecule has 2 aromatic carbocycles. The Morgan fingerprint density at radius 3 is 2.50 bits per heavy atom. The van der Waals surface area contributed by atoms with Crippen LogP contribution in [0, 0.1) is 0 Å². The Balaban J connectivity index is 1.63. The molecule has 0 spiro atoms. The van der Waals surface area contributed by atoms with Crippen LogP contribution in [0.25, 0.3) is 5.76 Å². The Bertz CT molecular complexity index is 1210. The quantitative estimate of drug-likeness (QED) is 0.328. The second kappa shape index (κ2) is 8.32. The summed E-state index contributed by atoms with van der Waals surface area (Å²) in [4.78, 5) is 27.6. The van der Waals surface area contributed by atoms with Gasteiger partial charge in [-0.25, -0.2) is 0 Å². The predicted molar refractivity (Wildman–Crippen MR) is 121 cm³/mol. The number of carbonyl (C=O) groups excluding carboxylic acids is 2. The van der Waals surface area contributed by atoms with Gasteiger partial charge in [0, 0.05) is 10.6 Å². The molecule has 5 rings (SSSR count). The van der Waals surface area contributed by atoms with E-state index in [2.05, 4.69) is 0 Å². The van der Waals surface area contributed by atoms with Crippen LogP contribution in [0.1, 0.15) is 46.9 Å². The van der Waals surface area contributed by atoms with E-state index in [1.165, 1.54) is 22.3 Å². The van der Waals surface area contributed by atoms with E-state index in [0.717, 1.165) is 25.7 Å². The van der Waals surface area contributed by atoms with Crippen LogP contribution >= 0.6 is 11.6 Å². The summed E-state index contributed by atoms with van der Waals surface area (Å²) in [6.45, 7) is 0.117. The van der Waals surface area contributed by atoms with Crippen molar-refractivity contribution in [1.29, 1.82) is 0 Å². The number of likely N-dealkylation sites (tertiary alicyclic amines) is 1. The number of fused-ring (bicyclic) bond motifs is 1. The first kappa shape index (κ1) is 20.6. The summed E-state index contributed by atoms with van der Waals surface area (Å²) >= 11 is 6.07. The summed E-state index contributed by atoms with van der Waals surface area (Å²) in [7, 11) is 0. The summed E-state index contributed by atoms with van der Waals surface area (Å²) in [6, 6.07) is 15.5. The second-order valence-corrected chi connectivity index (χ2v) is 8.68. The zero-order valence-corrected chi connectivity index (χ0v) is 18.1. The second-order valence-electron chi connectivity index (χ2n) is 8.25. The zero-order valence-electron chi connectivity index (χ0n) is 17.4. The van der Waals surface area contributed by atoms with Gasteiger partial charge < -0.3 is 14.4 Å². The normalized spacial score (nSPS) is 19.9. The molecule has 162 valence electrons. The average molecular weight is 448 g/mol. The van der Waals surface area contributed by atoms with Crippen LogP contribution in [-0.2, 0) is 29.0 Å². The number of aliphatic hydroxyl groups is 1. The molecule has 0 saturated carbocycles. The molecule has 1 saturated heterocycles. The number of halogens is 1. The van der Waals surface area contributed by atoms with Crippen molar-refractivity contribution in [2.45, 2.75) is 38.3 Å². The third-order valence-electron chi connectivity index (χ3n) is 6.25. The van der Waals surface area contributed by atoms with E-state index in [0.29, 0.717) is 21.9 Å². The summed E-state index contributed by atoms with van der Waals surface area (Å²) in [5, 5.41) is 11.8. The molecule has 3 aromatic rings. The number of aliphatic hydroxyl groups excluding tert-OH is 1. The fourth-order valence-electron chi connectivity index (χ4n) is 4.64. The van der Waals surface area contributed by atoms with Gasteiger partial charge >= 0.3 is 0 Å². The van der Waals surface area contributed by atoms with Crippen molar-refractivity contribution in [1.82, 2.24) is 4.90 Å². The molecule has 6 heteroatoms. The minimum absolute atomic E-state index is 0.0830. The number of carbonyl (C=O) groups is 2. The number of hydrogen-bond donors (Lipinski definition) is 1. The topological polar surface area (TPSA) is 70.8 Å². The molecule has 0 bridgehead atoms. The maximum Gasteiger partial charge on any atom is 0.296 e. The third-order valence-corrected chi connectivity index (χ3v) is 6.51. The standard InChI is InChI=1S/C26H22ClNO4/c27-20-11-9-17(10-12-20)23-22(25(30)26(31)28(23)15-21-6-3-13-32-21)24(29)19-8-7-16-4-1-2-5-18(16)14-19/h3,6-14,23,29H,1-2,4-5,15H2/b24-22-. The number of aryl methyl sites for hydroxylation is 2. The van der Waals surface area contributed by atoms with E-state index < -0.39 is 17.7 Å². The van der Waals surface area contributed by atoms with Crippen LogP contribution in [0.2, 0.25) is 5.02 Å². The molecule has 1 N–H and O–H groups in total. The number of amides is 1. The summed E-state index contributed by atoms with van der Waals surface area (Å²) < 4.78 is 5.42. The highest BCUT2D eigenvalue weighted by atomic mass is 35.5. The van der Waals surface area contributed by atoms with Gasteiger partial charge in [0.25, 0.3) is 11.7 Å². The van der Waals surface area contributed by atoms with Crippen molar-refractivity contribution in [2.75, 3.05) is 0 Å². The molecule has 1 unspecified atom stereocenters. The summed E-state index contributed by atoms with van der Waals surface area (Å²) in [6.07, 6.45) is 5.76. The van der Waals surface area contributed by atoms with Gasteiger partial charge in [-0.05, 0) is 72.7 Å². The molecule has 1 aliphatic heterocycles. The SMILES string of the molecule is O=C1C(=O)N(Cc2ccco2)C(c2ccc(Cl)cc2)/C1=C(/O)c1ccc2c(c1)CCCC2. The molecule has 2 heterocycles. The molecule has 1 amide bonds. The van der Waals surface area contributed by atoms with Crippen molar-refractivity contribution >= 4 is 29.1 Å². The molecule has 5 nitrogen and oxygen atoms in total. The highest BCUT2D eigenvalue weighted by molar-refractivity contribution is 6.46. The Morgan fingerprint density at radius 2 is 1.78 bits per heavy atom. The Hall–Kier alpha value is -3.31. The van der Waals surface area contributed by atoms with Crippen LogP contribution in [0.3, 0.4) is 0 Å². The van der Waals surface area contributed by atoms with Gasteiger partial charge in [0.15, 0.2) is 0 Å². The van der Waals surface area contributed by atoms with Gasteiger partial charge in [-0.1, -0.05) is 35.9 Å². The predicted octanol–water partition coefficient (Wildman–Crippen LogP) is 5.43. The van der Waals surface area contributed by atoms with E-state index in [-0.39, 0.29) is 17.9 Å². The lowest BCUT2D eigenvalue weighted by Gasteiger charge is -2.24. The first-order chi connectivity index (χ1) is 15.5. The van der Waals surface area contributed by atoms with E-state index in [4.69, 9.17) is 16.0 Å². The number of benzene rings is 2. The number of hydrogen-bond acceptors (Lipinski definition) is 4. The van der Waals surface area contributed by atoms with E-state index in [1.807, 2.05) is 18.2 Å². The Morgan fingerprint density at radius 1 is 1.03 bits per heavy atom. The lowest BCUT2D eigenvalue weighted by atomic mass is 9.88. The average Bonchev–Trinajstić information content (AvgIpc) is 3.41. The van der Waals surface area contributed by atoms with Gasteiger partial charge in [0.05, 0.1) is 24.4 Å². The maximum absolute atomic E-state index is 13.1. The molecule has 1 aromatic heterocycles. The molecular weight excluding hydrogens is 426 g/mol. The van der Waals surface area contributed by atoms with Crippen molar-refractivity contribution in [3.63, 3.8) is 0 Å². The minimum Gasteiger partial charge on any atom is -0.507 e. The first-order valence-electron chi connectivity index (χ1n) is 10.7. The fourth-order valence-corrected chi connectivity index (χ4v) is 4.77. The highest BCUT2D eigenvalue weighted by Gasteiger charge is 2.46. The monoisotopic (exact) mass is 447 g/mol. The maximum atomic E-state index is 13.1. The smallest absolute Gasteiger partial charge is 0.296 e. The minimum atomic E-state index is -0.742. The van der Waals surface area contributed by atoms with Gasteiger partial charge in [-0.2, -0.15) is 0 Å². The van der Waals surface area contributed by atoms with Gasteiger partial charge in [-0.15, -0.1) is 0 Å². The number of Topliss-reactive ketones (excluding diaryl/α,β-unsaturated/α-hetero) is 1. The molecule has 1 fully saturated rings. The molecular formula is C26H22ClNO4. The highest BCUT2D eigenvalue weighted by Crippen LogP contribution is 2.41. The first-order valence-corrected chi connectivity index (χ1v) is 11.1. The third kappa shape index (κ3) is 3.63. The Kier molecular flexibility index (Phi) is 5.35. The molecule has 0 radical (unpaired) electrons. The van der Waals surface area contributed by atoms with E-state index >= 15 is 0 Å². The van der Waals surface area contributed by atoms with Gasteiger partial charge in [-0.3, -0.25) is 9.59 Å². The number of ketones is 1. The van der Waals surface area contributed by atoms with Crippen LogP contribution in [0.4, 0.5) is 0 Å². The van der Waals surface area contributed by atoms with E-state index in [1.54, 1.807) is 36.4 Å². The van der Waals surface area contributed by atoms with Gasteiger partial charge in [0.2, 0.25) is 0 Å². The van der Waals surface area contributed by atoms with Crippen LogP contribution in [0.15, 0.2) is 70.9 Å². The summed E-state index contributed by atoms with van der Waals surface area (Å²) in [5.41, 5.74) is 3.80. The van der Waals surface area contributed by atoms with Crippen LogP contribution in [-0.4, -0.2) is 21.7 Å². The van der Waals surface area contributed by atoms with Crippen molar-refractivity contribution in [2.24, 2.45) is 0 Å². The molecule has 2 aliphatic rings. The number of nitrogens with zero attached hydrogens (tertiary/aromatic N) is 1. The number of furan rings is 1. The summed E-state index contributed by atoms with van der Waals surface area (Å²) in [5.74, 6) is -0.967. The zero-order chi connectivity index (χ0) is 22.2. The van der Waals surface area contributed by atoms with Gasteiger partial charge in [0.1, 0.15) is 11.5 Å². The number of rotatable bonds is 4.